The molecule has 33 heavy (non-hydrogen) atoms. The summed E-state index contributed by atoms with van der Waals surface area (Å²) >= 11 is 6.02. The van der Waals surface area contributed by atoms with Crippen LogP contribution in [0.4, 0.5) is 5.69 Å². The highest BCUT2D eigenvalue weighted by Gasteiger charge is 2.25. The number of rotatable bonds is 6. The maximum atomic E-state index is 13.1. The van der Waals surface area contributed by atoms with E-state index in [-0.39, 0.29) is 5.56 Å². The average Bonchev–Trinajstić information content (AvgIpc) is 3.28. The molecule has 1 N–H and O–H groups in total. The summed E-state index contributed by atoms with van der Waals surface area (Å²) in [6.45, 7) is 3.36. The quantitative estimate of drug-likeness (QED) is 0.405. The highest BCUT2D eigenvalue weighted by Crippen LogP contribution is 2.25. The number of pyridine rings is 1. The smallest absolute Gasteiger partial charge is 0.342 e. The Kier molecular flexibility index (Phi) is 6.51. The Morgan fingerprint density at radius 2 is 1.88 bits per heavy atom. The molecule has 0 aliphatic rings. The summed E-state index contributed by atoms with van der Waals surface area (Å²) in [5.74, 6) is -1.13. The summed E-state index contributed by atoms with van der Waals surface area (Å²) in [6, 6.07) is 18.1. The Balaban J connectivity index is 1.58. The molecule has 166 valence electrons. The first-order valence-corrected chi connectivity index (χ1v) is 10.6. The van der Waals surface area contributed by atoms with Gasteiger partial charge in [-0.3, -0.25) is 9.78 Å². The third kappa shape index (κ3) is 5.10. The second-order valence-electron chi connectivity index (χ2n) is 7.41. The number of carbonyl (C=O) groups excluding carboxylic acids is 2. The highest BCUT2D eigenvalue weighted by molar-refractivity contribution is 6.31. The molecule has 0 saturated carbocycles. The minimum absolute atomic E-state index is 0.227. The molecule has 0 fully saturated rings. The summed E-state index contributed by atoms with van der Waals surface area (Å²) in [4.78, 5) is 29.9. The number of amides is 1. The summed E-state index contributed by atoms with van der Waals surface area (Å²) < 4.78 is 7.09. The lowest BCUT2D eigenvalue weighted by Gasteiger charge is -2.15. The Hall–Kier alpha value is -3.97. The molecule has 4 aromatic rings. The fourth-order valence-electron chi connectivity index (χ4n) is 3.19. The van der Waals surface area contributed by atoms with E-state index < -0.39 is 18.0 Å². The molecule has 0 bridgehead atoms. The van der Waals surface area contributed by atoms with E-state index in [0.29, 0.717) is 22.0 Å². The topological polar surface area (TPSA) is 86.1 Å². The SMILES string of the molecule is Cc1ccc(Cl)cc1NC(=O)[C@@H](C)OC(=O)c1cn(-c2ccccc2)nc1-c1cccnc1. The van der Waals surface area contributed by atoms with Crippen molar-refractivity contribution in [3.63, 3.8) is 0 Å². The van der Waals surface area contributed by atoms with E-state index in [4.69, 9.17) is 16.3 Å². The van der Waals surface area contributed by atoms with E-state index in [1.54, 1.807) is 53.6 Å². The number of hydrogen-bond acceptors (Lipinski definition) is 5. The van der Waals surface area contributed by atoms with Crippen LogP contribution in [-0.4, -0.2) is 32.7 Å². The van der Waals surface area contributed by atoms with E-state index in [1.165, 1.54) is 6.92 Å². The number of anilines is 1. The number of aryl methyl sites for hydroxylation is 1. The van der Waals surface area contributed by atoms with Gasteiger partial charge in [0.25, 0.3) is 5.91 Å². The van der Waals surface area contributed by atoms with Crippen LogP contribution < -0.4 is 5.32 Å². The van der Waals surface area contributed by atoms with Crippen LogP contribution in [0.25, 0.3) is 16.9 Å². The molecule has 4 rings (SSSR count). The molecule has 0 radical (unpaired) electrons. The number of ether oxygens (including phenoxy) is 1. The molecular weight excluding hydrogens is 440 g/mol. The van der Waals surface area contributed by atoms with Crippen molar-refractivity contribution in [3.8, 4) is 16.9 Å². The van der Waals surface area contributed by atoms with Gasteiger partial charge in [0.15, 0.2) is 6.10 Å². The lowest BCUT2D eigenvalue weighted by atomic mass is 10.1. The zero-order valence-corrected chi connectivity index (χ0v) is 18.8. The van der Waals surface area contributed by atoms with Crippen LogP contribution in [0.3, 0.4) is 0 Å². The van der Waals surface area contributed by atoms with Crippen molar-refractivity contribution in [2.45, 2.75) is 20.0 Å². The van der Waals surface area contributed by atoms with Crippen molar-refractivity contribution in [1.29, 1.82) is 0 Å². The van der Waals surface area contributed by atoms with Crippen LogP contribution in [0.15, 0.2) is 79.3 Å². The molecule has 2 heterocycles. The zero-order valence-electron chi connectivity index (χ0n) is 18.0. The van der Waals surface area contributed by atoms with E-state index in [0.717, 1.165) is 11.3 Å². The average molecular weight is 461 g/mol. The van der Waals surface area contributed by atoms with Gasteiger partial charge in [0.05, 0.1) is 5.69 Å². The van der Waals surface area contributed by atoms with Gasteiger partial charge in [-0.15, -0.1) is 0 Å². The predicted molar refractivity (Wildman–Crippen MR) is 126 cm³/mol. The largest absolute Gasteiger partial charge is 0.449 e. The maximum absolute atomic E-state index is 13.1. The van der Waals surface area contributed by atoms with Crippen LogP contribution in [0.5, 0.6) is 0 Å². The number of halogens is 1. The lowest BCUT2D eigenvalue weighted by molar-refractivity contribution is -0.123. The lowest BCUT2D eigenvalue weighted by Crippen LogP contribution is -2.30. The second kappa shape index (κ2) is 9.67. The molecule has 0 aliphatic carbocycles. The summed E-state index contributed by atoms with van der Waals surface area (Å²) in [5.41, 5.74) is 3.48. The van der Waals surface area contributed by atoms with Gasteiger partial charge in [-0.25, -0.2) is 9.48 Å². The molecule has 8 heteroatoms. The van der Waals surface area contributed by atoms with Crippen molar-refractivity contribution in [1.82, 2.24) is 14.8 Å². The summed E-state index contributed by atoms with van der Waals surface area (Å²) in [6.07, 6.45) is 3.80. The summed E-state index contributed by atoms with van der Waals surface area (Å²) in [5, 5.41) is 7.82. The molecule has 0 unspecified atom stereocenters. The molecule has 0 saturated heterocycles. The molecular formula is C25H21ClN4O3. The van der Waals surface area contributed by atoms with E-state index in [1.807, 2.05) is 37.3 Å². The normalized spacial score (nSPS) is 11.6. The van der Waals surface area contributed by atoms with Crippen LogP contribution in [0, 0.1) is 6.92 Å². The summed E-state index contributed by atoms with van der Waals surface area (Å²) in [7, 11) is 0. The molecule has 2 aromatic heterocycles. The van der Waals surface area contributed by atoms with Gasteiger partial charge in [0.1, 0.15) is 11.3 Å². The third-order valence-corrected chi connectivity index (χ3v) is 5.24. The number of esters is 1. The molecule has 1 atom stereocenters. The van der Waals surface area contributed by atoms with Crippen LogP contribution in [0.1, 0.15) is 22.8 Å². The maximum Gasteiger partial charge on any atom is 0.342 e. The zero-order chi connectivity index (χ0) is 23.4. The predicted octanol–water partition coefficient (Wildman–Crippen LogP) is 5.08. The van der Waals surface area contributed by atoms with Gasteiger partial charge in [0.2, 0.25) is 0 Å². The van der Waals surface area contributed by atoms with E-state index in [2.05, 4.69) is 15.4 Å². The van der Waals surface area contributed by atoms with Gasteiger partial charge in [-0.2, -0.15) is 5.10 Å². The Morgan fingerprint density at radius 1 is 1.09 bits per heavy atom. The number of aromatic nitrogens is 3. The van der Waals surface area contributed by atoms with Gasteiger partial charge in [-0.05, 0) is 55.8 Å². The van der Waals surface area contributed by atoms with Crippen LogP contribution in [0.2, 0.25) is 5.02 Å². The first-order valence-electron chi connectivity index (χ1n) is 10.3. The van der Waals surface area contributed by atoms with Crippen LogP contribution >= 0.6 is 11.6 Å². The van der Waals surface area contributed by atoms with Crippen molar-refractivity contribution in [2.75, 3.05) is 5.32 Å². The molecule has 0 spiro atoms. The van der Waals surface area contributed by atoms with Crippen molar-refractivity contribution in [3.05, 3.63) is 95.4 Å². The van der Waals surface area contributed by atoms with Crippen molar-refractivity contribution < 1.29 is 14.3 Å². The Morgan fingerprint density at radius 3 is 2.61 bits per heavy atom. The molecule has 0 aliphatic heterocycles. The number of nitrogens with one attached hydrogen (secondary N) is 1. The molecule has 2 aromatic carbocycles. The Labute approximate surface area is 196 Å². The first kappa shape index (κ1) is 22.2. The monoisotopic (exact) mass is 460 g/mol. The molecule has 7 nitrogen and oxygen atoms in total. The standard InChI is InChI=1S/C25H21ClN4O3/c1-16-10-11-19(26)13-22(16)28-24(31)17(2)33-25(32)21-15-30(20-8-4-3-5-9-20)29-23(21)18-7-6-12-27-14-18/h3-15,17H,1-2H3,(H,28,31)/t17-/m1/s1. The number of para-hydroxylation sites is 1. The van der Waals surface area contributed by atoms with E-state index >= 15 is 0 Å². The number of carbonyl (C=O) groups is 2. The first-order chi connectivity index (χ1) is 15.9. The fourth-order valence-corrected chi connectivity index (χ4v) is 3.37. The van der Waals surface area contributed by atoms with Crippen molar-refractivity contribution >= 4 is 29.2 Å². The minimum Gasteiger partial charge on any atom is -0.449 e. The highest BCUT2D eigenvalue weighted by atomic mass is 35.5. The van der Waals surface area contributed by atoms with Crippen LogP contribution in [-0.2, 0) is 9.53 Å². The fraction of sp³-hybridized carbons (Fsp3) is 0.120. The third-order valence-electron chi connectivity index (χ3n) is 5.00. The van der Waals surface area contributed by atoms with Gasteiger partial charge in [-0.1, -0.05) is 35.9 Å². The minimum atomic E-state index is -1.04. The number of hydrogen-bond donors (Lipinski definition) is 1. The Bertz CT molecular complexity index is 1290. The molecule has 1 amide bonds. The number of benzene rings is 2. The second-order valence-corrected chi connectivity index (χ2v) is 7.85. The van der Waals surface area contributed by atoms with Gasteiger partial charge < -0.3 is 10.1 Å². The van der Waals surface area contributed by atoms with Gasteiger partial charge in [0, 0.05) is 34.9 Å². The number of nitrogens with zero attached hydrogens (tertiary/aromatic N) is 3. The van der Waals surface area contributed by atoms with E-state index in [9.17, 15) is 9.59 Å². The van der Waals surface area contributed by atoms with Crippen molar-refractivity contribution in [2.24, 2.45) is 0 Å². The van der Waals surface area contributed by atoms with Gasteiger partial charge >= 0.3 is 5.97 Å².